The van der Waals surface area contributed by atoms with Crippen molar-refractivity contribution in [1.82, 2.24) is 20.2 Å². The third-order valence-electron chi connectivity index (χ3n) is 3.20. The second kappa shape index (κ2) is 8.33. The number of anilines is 1. The molecule has 9 heteroatoms. The molecule has 1 aromatic heterocycles. The number of nitrogens with zero attached hydrogens (tertiary/aromatic N) is 4. The van der Waals surface area contributed by atoms with Crippen LogP contribution in [0.1, 0.15) is 5.82 Å². The number of aromatic nitrogens is 4. The number of nitrogens with one attached hydrogen (secondary N) is 1. The summed E-state index contributed by atoms with van der Waals surface area (Å²) in [5.41, 5.74) is 1.48. The molecule has 3 rings (SSSR count). The van der Waals surface area contributed by atoms with Crippen LogP contribution >= 0.6 is 35.0 Å². The van der Waals surface area contributed by atoms with Crippen LogP contribution in [0.15, 0.2) is 48.5 Å². The van der Waals surface area contributed by atoms with Crippen molar-refractivity contribution in [3.63, 3.8) is 0 Å². The van der Waals surface area contributed by atoms with Crippen molar-refractivity contribution >= 4 is 46.6 Å². The van der Waals surface area contributed by atoms with Crippen molar-refractivity contribution in [2.45, 2.75) is 5.75 Å². The van der Waals surface area contributed by atoms with Gasteiger partial charge in [0.25, 0.3) is 0 Å². The molecule has 0 saturated carbocycles. The smallest absolute Gasteiger partial charge is 0.234 e. The Kier molecular flexibility index (Phi) is 5.91. The standard InChI is InChI=1S/C16H13Cl2N5OS/c17-13-7-6-12(8-14(13)18)23-15(20-21-22-23)9-25-10-16(24)19-11-4-2-1-3-5-11/h1-8H,9-10H2,(H,19,24). The van der Waals surface area contributed by atoms with Gasteiger partial charge in [0.05, 0.1) is 27.2 Å². The van der Waals surface area contributed by atoms with E-state index in [-0.39, 0.29) is 5.91 Å². The topological polar surface area (TPSA) is 72.7 Å². The van der Waals surface area contributed by atoms with Crippen molar-refractivity contribution in [3.05, 3.63) is 64.4 Å². The van der Waals surface area contributed by atoms with Gasteiger partial charge >= 0.3 is 0 Å². The number of benzene rings is 2. The van der Waals surface area contributed by atoms with Crippen molar-refractivity contribution in [3.8, 4) is 5.69 Å². The highest BCUT2D eigenvalue weighted by molar-refractivity contribution is 7.99. The maximum absolute atomic E-state index is 12.0. The molecule has 0 atom stereocenters. The van der Waals surface area contributed by atoms with Crippen molar-refractivity contribution in [1.29, 1.82) is 0 Å². The van der Waals surface area contributed by atoms with Gasteiger partial charge < -0.3 is 5.32 Å². The number of tetrazole rings is 1. The summed E-state index contributed by atoms with van der Waals surface area (Å²) in [5.74, 6) is 1.32. The molecule has 2 aromatic carbocycles. The molecule has 1 heterocycles. The van der Waals surface area contributed by atoms with Gasteiger partial charge in [-0.1, -0.05) is 41.4 Å². The van der Waals surface area contributed by atoms with Crippen molar-refractivity contribution in [2.24, 2.45) is 0 Å². The summed E-state index contributed by atoms with van der Waals surface area (Å²) in [5, 5.41) is 15.4. The molecule has 128 valence electrons. The van der Waals surface area contributed by atoms with Gasteiger partial charge in [-0.3, -0.25) is 4.79 Å². The molecule has 0 fully saturated rings. The summed E-state index contributed by atoms with van der Waals surface area (Å²) in [6, 6.07) is 14.5. The minimum Gasteiger partial charge on any atom is -0.325 e. The summed E-state index contributed by atoms with van der Waals surface area (Å²) >= 11 is 13.4. The fraction of sp³-hybridized carbons (Fsp3) is 0.125. The zero-order chi connectivity index (χ0) is 17.6. The minimum absolute atomic E-state index is 0.0789. The Morgan fingerprint density at radius 1 is 1.12 bits per heavy atom. The van der Waals surface area contributed by atoms with Crippen LogP contribution in [0, 0.1) is 0 Å². The molecule has 0 aliphatic rings. The highest BCUT2D eigenvalue weighted by Crippen LogP contribution is 2.25. The zero-order valence-electron chi connectivity index (χ0n) is 12.9. The van der Waals surface area contributed by atoms with E-state index in [1.165, 1.54) is 11.8 Å². The van der Waals surface area contributed by atoms with E-state index in [4.69, 9.17) is 23.2 Å². The van der Waals surface area contributed by atoms with E-state index >= 15 is 0 Å². The van der Waals surface area contributed by atoms with Gasteiger partial charge in [-0.2, -0.15) is 4.68 Å². The van der Waals surface area contributed by atoms with Crippen LogP contribution in [0.2, 0.25) is 10.0 Å². The Balaban J connectivity index is 1.58. The summed E-state index contributed by atoms with van der Waals surface area (Å²) < 4.78 is 1.57. The van der Waals surface area contributed by atoms with E-state index in [0.717, 1.165) is 5.69 Å². The summed E-state index contributed by atoms with van der Waals surface area (Å²) in [6.45, 7) is 0. The van der Waals surface area contributed by atoms with Gasteiger partial charge in [0.1, 0.15) is 0 Å². The Morgan fingerprint density at radius 3 is 2.68 bits per heavy atom. The van der Waals surface area contributed by atoms with E-state index in [1.54, 1.807) is 22.9 Å². The maximum Gasteiger partial charge on any atom is 0.234 e. The Morgan fingerprint density at radius 2 is 1.92 bits per heavy atom. The van der Waals surface area contributed by atoms with E-state index < -0.39 is 0 Å². The van der Waals surface area contributed by atoms with Gasteiger partial charge in [-0.25, -0.2) is 0 Å². The van der Waals surface area contributed by atoms with E-state index in [2.05, 4.69) is 20.8 Å². The zero-order valence-corrected chi connectivity index (χ0v) is 15.2. The van der Waals surface area contributed by atoms with E-state index in [0.29, 0.717) is 33.1 Å². The second-order valence-corrected chi connectivity index (χ2v) is 6.81. The van der Waals surface area contributed by atoms with Gasteiger partial charge in [-0.05, 0) is 40.8 Å². The quantitative estimate of drug-likeness (QED) is 0.688. The largest absolute Gasteiger partial charge is 0.325 e. The molecular formula is C16H13Cl2N5OS. The molecule has 0 saturated heterocycles. The summed E-state index contributed by atoms with van der Waals surface area (Å²) in [4.78, 5) is 12.0. The summed E-state index contributed by atoms with van der Waals surface area (Å²) in [7, 11) is 0. The van der Waals surface area contributed by atoms with Crippen LogP contribution in [-0.2, 0) is 10.5 Å². The average molecular weight is 394 g/mol. The van der Waals surface area contributed by atoms with Crippen LogP contribution in [0.3, 0.4) is 0 Å². The Bertz CT molecular complexity index is 872. The van der Waals surface area contributed by atoms with E-state index in [1.807, 2.05) is 30.3 Å². The first-order chi connectivity index (χ1) is 12.1. The molecule has 25 heavy (non-hydrogen) atoms. The van der Waals surface area contributed by atoms with Gasteiger partial charge in [-0.15, -0.1) is 16.9 Å². The fourth-order valence-corrected chi connectivity index (χ4v) is 3.08. The van der Waals surface area contributed by atoms with Gasteiger partial charge in [0, 0.05) is 5.69 Å². The number of carbonyl (C=O) groups is 1. The first-order valence-electron chi connectivity index (χ1n) is 7.29. The molecule has 0 aliphatic carbocycles. The highest BCUT2D eigenvalue weighted by atomic mass is 35.5. The van der Waals surface area contributed by atoms with Gasteiger partial charge in [0.2, 0.25) is 5.91 Å². The van der Waals surface area contributed by atoms with Crippen LogP contribution in [0.25, 0.3) is 5.69 Å². The number of amides is 1. The lowest BCUT2D eigenvalue weighted by Crippen LogP contribution is -2.14. The lowest BCUT2D eigenvalue weighted by molar-refractivity contribution is -0.113. The number of para-hydroxylation sites is 1. The molecule has 0 radical (unpaired) electrons. The third kappa shape index (κ3) is 4.72. The average Bonchev–Trinajstić information content (AvgIpc) is 3.07. The lowest BCUT2D eigenvalue weighted by Gasteiger charge is -2.06. The molecule has 0 aliphatic heterocycles. The Hall–Kier alpha value is -2.09. The molecule has 1 N–H and O–H groups in total. The molecule has 0 spiro atoms. The summed E-state index contributed by atoms with van der Waals surface area (Å²) in [6.07, 6.45) is 0. The number of rotatable bonds is 6. The maximum atomic E-state index is 12.0. The molecular weight excluding hydrogens is 381 g/mol. The van der Waals surface area contributed by atoms with Crippen LogP contribution < -0.4 is 5.32 Å². The van der Waals surface area contributed by atoms with Crippen molar-refractivity contribution in [2.75, 3.05) is 11.1 Å². The lowest BCUT2D eigenvalue weighted by atomic mass is 10.3. The van der Waals surface area contributed by atoms with Crippen LogP contribution in [0.5, 0.6) is 0 Å². The number of carbonyl (C=O) groups excluding carboxylic acids is 1. The second-order valence-electron chi connectivity index (χ2n) is 5.01. The van der Waals surface area contributed by atoms with Crippen LogP contribution in [-0.4, -0.2) is 31.9 Å². The predicted molar refractivity (Wildman–Crippen MR) is 100 cm³/mol. The van der Waals surface area contributed by atoms with Gasteiger partial charge in [0.15, 0.2) is 5.82 Å². The van der Waals surface area contributed by atoms with Crippen LogP contribution in [0.4, 0.5) is 5.69 Å². The molecule has 0 bridgehead atoms. The first kappa shape index (κ1) is 17.7. The third-order valence-corrected chi connectivity index (χ3v) is 4.87. The predicted octanol–water partition coefficient (Wildman–Crippen LogP) is 3.84. The van der Waals surface area contributed by atoms with Crippen molar-refractivity contribution < 1.29 is 4.79 Å². The minimum atomic E-state index is -0.0789. The number of thioether (sulfide) groups is 1. The first-order valence-corrected chi connectivity index (χ1v) is 9.20. The Labute approximate surface area is 158 Å². The number of halogens is 2. The monoisotopic (exact) mass is 393 g/mol. The highest BCUT2D eigenvalue weighted by Gasteiger charge is 2.11. The molecule has 6 nitrogen and oxygen atoms in total. The molecule has 0 unspecified atom stereocenters. The number of hydrogen-bond donors (Lipinski definition) is 1. The fourth-order valence-electron chi connectivity index (χ4n) is 2.07. The normalized spacial score (nSPS) is 10.6. The van der Waals surface area contributed by atoms with E-state index in [9.17, 15) is 4.79 Å². The SMILES string of the molecule is O=C(CSCc1nnnn1-c1ccc(Cl)c(Cl)c1)Nc1ccccc1. The number of hydrogen-bond acceptors (Lipinski definition) is 5. The molecule has 3 aromatic rings. The molecule has 1 amide bonds.